The zero-order valence-corrected chi connectivity index (χ0v) is 23.9. The van der Waals surface area contributed by atoms with Gasteiger partial charge in [0.1, 0.15) is 40.5 Å². The first-order valence-electron chi connectivity index (χ1n) is 13.3. The lowest BCUT2D eigenvalue weighted by molar-refractivity contribution is 0.231. The first-order valence-corrected chi connectivity index (χ1v) is 13.3. The monoisotopic (exact) mass is 587 g/mol. The van der Waals surface area contributed by atoms with Crippen molar-refractivity contribution in [1.29, 1.82) is 0 Å². The minimum atomic E-state index is -0.869. The third-order valence-corrected chi connectivity index (χ3v) is 6.84. The van der Waals surface area contributed by atoms with Crippen molar-refractivity contribution in [3.05, 3.63) is 99.7 Å². The minimum absolute atomic E-state index is 0.0112. The first-order chi connectivity index (χ1) is 20.5. The quantitative estimate of drug-likeness (QED) is 0.159. The molecule has 0 saturated carbocycles. The standard InChI is InChI=1S/C32H28F3N5O3/c1-16(2)42-25-11-9-19(14-23(25)35)28-27(31(36)37-4)32(38-5)40(39-28)17(3)30-26(18-7-6-8-20(33)13-18)29(41)22-15-21(34)10-12-24(22)43-30/h6-17H,5H2,1-4H3,(H2,36,37). The zero-order valence-electron chi connectivity index (χ0n) is 23.9. The van der Waals surface area contributed by atoms with Crippen LogP contribution in [0.3, 0.4) is 0 Å². The van der Waals surface area contributed by atoms with E-state index in [2.05, 4.69) is 16.7 Å². The number of halogens is 3. The highest BCUT2D eigenvalue weighted by Crippen LogP contribution is 2.38. The Morgan fingerprint density at radius 3 is 2.42 bits per heavy atom. The van der Waals surface area contributed by atoms with Gasteiger partial charge in [-0.3, -0.25) is 9.79 Å². The van der Waals surface area contributed by atoms with E-state index in [0.717, 1.165) is 6.07 Å². The average Bonchev–Trinajstić information content (AvgIpc) is 3.37. The van der Waals surface area contributed by atoms with Crippen LogP contribution in [0.2, 0.25) is 0 Å². The van der Waals surface area contributed by atoms with Gasteiger partial charge in [0.25, 0.3) is 0 Å². The van der Waals surface area contributed by atoms with Crippen molar-refractivity contribution < 1.29 is 22.3 Å². The molecular formula is C32H28F3N5O3. The first kappa shape index (κ1) is 29.3. The van der Waals surface area contributed by atoms with Gasteiger partial charge in [-0.15, -0.1) is 0 Å². The van der Waals surface area contributed by atoms with Gasteiger partial charge in [0.05, 0.1) is 22.6 Å². The van der Waals surface area contributed by atoms with E-state index < -0.39 is 28.9 Å². The third kappa shape index (κ3) is 5.41. The van der Waals surface area contributed by atoms with Crippen molar-refractivity contribution in [3.63, 3.8) is 0 Å². The zero-order chi connectivity index (χ0) is 31.0. The SMILES string of the molecule is C=Nc1c(C(N)=NC)c(-c2ccc(OC(C)C)c(F)c2)nn1C(C)c1oc2ccc(F)cc2c(=O)c1-c1cccc(F)c1. The maximum Gasteiger partial charge on any atom is 0.200 e. The number of nitrogens with zero attached hydrogens (tertiary/aromatic N) is 4. The number of benzene rings is 3. The van der Waals surface area contributed by atoms with Gasteiger partial charge in [0.15, 0.2) is 17.4 Å². The summed E-state index contributed by atoms with van der Waals surface area (Å²) in [7, 11) is 1.48. The molecule has 0 radical (unpaired) electrons. The van der Waals surface area contributed by atoms with E-state index in [9.17, 15) is 13.6 Å². The second kappa shape index (κ2) is 11.6. The van der Waals surface area contributed by atoms with Crippen molar-refractivity contribution in [1.82, 2.24) is 9.78 Å². The summed E-state index contributed by atoms with van der Waals surface area (Å²) < 4.78 is 56.7. The number of fused-ring (bicyclic) bond motifs is 1. The second-order valence-corrected chi connectivity index (χ2v) is 10.1. The van der Waals surface area contributed by atoms with Gasteiger partial charge in [-0.25, -0.2) is 22.8 Å². The van der Waals surface area contributed by atoms with E-state index in [1.54, 1.807) is 32.9 Å². The van der Waals surface area contributed by atoms with Crippen LogP contribution in [0.15, 0.2) is 79.9 Å². The molecule has 0 aliphatic carbocycles. The van der Waals surface area contributed by atoms with Crippen molar-refractivity contribution in [2.75, 3.05) is 7.05 Å². The van der Waals surface area contributed by atoms with Gasteiger partial charge >= 0.3 is 0 Å². The summed E-state index contributed by atoms with van der Waals surface area (Å²) in [5, 5.41) is 4.71. The molecule has 0 spiro atoms. The van der Waals surface area contributed by atoms with Crippen LogP contribution in [0.25, 0.3) is 33.4 Å². The summed E-state index contributed by atoms with van der Waals surface area (Å²) in [6.45, 7) is 8.95. The number of aliphatic imine (C=N–C) groups is 2. The van der Waals surface area contributed by atoms with Gasteiger partial charge in [-0.2, -0.15) is 5.10 Å². The molecule has 0 aliphatic rings. The molecule has 5 rings (SSSR count). The van der Waals surface area contributed by atoms with E-state index in [1.807, 2.05) is 0 Å². The molecule has 0 bridgehead atoms. The number of hydrogen-bond acceptors (Lipinski definition) is 6. The number of amidine groups is 1. The highest BCUT2D eigenvalue weighted by molar-refractivity contribution is 6.06. The lowest BCUT2D eigenvalue weighted by Crippen LogP contribution is -2.17. The Morgan fingerprint density at radius 2 is 1.77 bits per heavy atom. The molecule has 0 fully saturated rings. The Morgan fingerprint density at radius 1 is 1.02 bits per heavy atom. The molecule has 11 heteroatoms. The van der Waals surface area contributed by atoms with Crippen molar-refractivity contribution in [2.45, 2.75) is 32.9 Å². The molecule has 220 valence electrons. The smallest absolute Gasteiger partial charge is 0.200 e. The highest BCUT2D eigenvalue weighted by Gasteiger charge is 2.29. The van der Waals surface area contributed by atoms with Crippen LogP contribution in [0, 0.1) is 17.5 Å². The molecule has 2 heterocycles. The van der Waals surface area contributed by atoms with Crippen LogP contribution >= 0.6 is 0 Å². The topological polar surface area (TPSA) is 108 Å². The van der Waals surface area contributed by atoms with Crippen molar-refractivity contribution in [3.8, 4) is 28.1 Å². The van der Waals surface area contributed by atoms with Crippen LogP contribution in [0.4, 0.5) is 19.0 Å². The molecule has 3 aromatic carbocycles. The van der Waals surface area contributed by atoms with E-state index in [0.29, 0.717) is 5.56 Å². The lowest BCUT2D eigenvalue weighted by Gasteiger charge is -2.18. The fourth-order valence-electron chi connectivity index (χ4n) is 4.90. The summed E-state index contributed by atoms with van der Waals surface area (Å²) >= 11 is 0. The summed E-state index contributed by atoms with van der Waals surface area (Å²) in [5.74, 6) is -1.43. The van der Waals surface area contributed by atoms with Gasteiger partial charge in [0.2, 0.25) is 5.43 Å². The third-order valence-electron chi connectivity index (χ3n) is 6.84. The summed E-state index contributed by atoms with van der Waals surface area (Å²) in [4.78, 5) is 22.1. The molecule has 2 aromatic heterocycles. The summed E-state index contributed by atoms with van der Waals surface area (Å²) in [6.07, 6.45) is -0.240. The normalized spacial score (nSPS) is 12.6. The van der Waals surface area contributed by atoms with Crippen LogP contribution in [-0.2, 0) is 0 Å². The largest absolute Gasteiger partial charge is 0.488 e. The predicted molar refractivity (Wildman–Crippen MR) is 161 cm³/mol. The molecule has 0 amide bonds. The van der Waals surface area contributed by atoms with E-state index in [1.165, 1.54) is 54.2 Å². The van der Waals surface area contributed by atoms with Crippen molar-refractivity contribution >= 4 is 29.3 Å². The van der Waals surface area contributed by atoms with Crippen molar-refractivity contribution in [2.24, 2.45) is 15.7 Å². The van der Waals surface area contributed by atoms with E-state index in [4.69, 9.17) is 20.0 Å². The molecule has 43 heavy (non-hydrogen) atoms. The number of aromatic nitrogens is 2. The van der Waals surface area contributed by atoms with Gasteiger partial charge in [-0.1, -0.05) is 12.1 Å². The minimum Gasteiger partial charge on any atom is -0.488 e. The molecule has 1 atom stereocenters. The van der Waals surface area contributed by atoms with Gasteiger partial charge in [0, 0.05) is 12.6 Å². The molecule has 2 N–H and O–H groups in total. The van der Waals surface area contributed by atoms with Crippen LogP contribution in [-0.4, -0.2) is 35.5 Å². The van der Waals surface area contributed by atoms with Gasteiger partial charge < -0.3 is 14.9 Å². The highest BCUT2D eigenvalue weighted by atomic mass is 19.1. The summed E-state index contributed by atoms with van der Waals surface area (Å²) in [6, 6.07) is 12.5. The molecule has 8 nitrogen and oxygen atoms in total. The number of rotatable bonds is 8. The Balaban J connectivity index is 1.78. The summed E-state index contributed by atoms with van der Waals surface area (Å²) in [5.41, 5.74) is 6.94. The molecule has 0 saturated heterocycles. The predicted octanol–water partition coefficient (Wildman–Crippen LogP) is 6.80. The fourth-order valence-corrected chi connectivity index (χ4v) is 4.90. The molecule has 0 aliphatic heterocycles. The number of hydrogen-bond donors (Lipinski definition) is 1. The Kier molecular flexibility index (Phi) is 7.90. The van der Waals surface area contributed by atoms with Crippen LogP contribution < -0.4 is 15.9 Å². The van der Waals surface area contributed by atoms with Gasteiger partial charge in [-0.05, 0) is 81.6 Å². The molecule has 1 unspecified atom stereocenters. The fraction of sp³-hybridized carbons (Fsp3) is 0.188. The Bertz CT molecular complexity index is 1960. The Labute approximate surface area is 245 Å². The second-order valence-electron chi connectivity index (χ2n) is 10.1. The van der Waals surface area contributed by atoms with Crippen LogP contribution in [0.5, 0.6) is 5.75 Å². The van der Waals surface area contributed by atoms with E-state index >= 15 is 4.39 Å². The maximum absolute atomic E-state index is 15.1. The molecule has 5 aromatic rings. The average molecular weight is 588 g/mol. The number of nitrogens with two attached hydrogens (primary N) is 1. The Hall–Kier alpha value is -5.19. The van der Waals surface area contributed by atoms with E-state index in [-0.39, 0.29) is 62.6 Å². The van der Waals surface area contributed by atoms with Crippen LogP contribution in [0.1, 0.15) is 38.1 Å². The lowest BCUT2D eigenvalue weighted by atomic mass is 9.99. The maximum atomic E-state index is 15.1. The number of ether oxygens (including phenoxy) is 1. The molecular weight excluding hydrogens is 559 g/mol.